The molecule has 1 aromatic carbocycles. The smallest absolute Gasteiger partial charge is 0.296 e. The minimum absolute atomic E-state index is 0.0172. The number of halogens is 1. The van der Waals surface area contributed by atoms with Gasteiger partial charge >= 0.3 is 0 Å². The molecule has 0 bridgehead atoms. The van der Waals surface area contributed by atoms with Gasteiger partial charge in [-0.05, 0) is 19.1 Å². The fraction of sp³-hybridized carbons (Fsp3) is 0.111. The highest BCUT2D eigenvalue weighted by atomic mass is 32.1. The maximum absolute atomic E-state index is 13.3. The molecular weight excluding hydrogens is 369 g/mol. The van der Waals surface area contributed by atoms with Gasteiger partial charge in [0.1, 0.15) is 11.5 Å². The summed E-state index contributed by atoms with van der Waals surface area (Å²) in [7, 11) is 1.86. The lowest BCUT2D eigenvalue weighted by atomic mass is 10.1. The molecule has 27 heavy (non-hydrogen) atoms. The van der Waals surface area contributed by atoms with Crippen molar-refractivity contribution in [3.8, 4) is 22.5 Å². The quantitative estimate of drug-likeness (QED) is 0.578. The molecule has 0 aliphatic carbocycles. The molecule has 0 spiro atoms. The molecule has 0 saturated heterocycles. The summed E-state index contributed by atoms with van der Waals surface area (Å²) >= 11 is 1.30. The standard InChI is InChI=1S/C18H14FN5O2S/c1-10-13(8-20-24(10)2)15-9-27-18(21-15)22-17(25)16-7-14(23-26-16)11-4-3-5-12(19)6-11/h3-9H,1-2H3,(H,21,22,25). The van der Waals surface area contributed by atoms with Gasteiger partial charge in [-0.15, -0.1) is 11.3 Å². The normalized spacial score (nSPS) is 10.9. The number of hydrogen-bond acceptors (Lipinski definition) is 6. The topological polar surface area (TPSA) is 85.8 Å². The predicted octanol–water partition coefficient (Wildman–Crippen LogP) is 3.90. The van der Waals surface area contributed by atoms with E-state index in [1.165, 1.54) is 29.5 Å². The van der Waals surface area contributed by atoms with E-state index < -0.39 is 5.91 Å². The summed E-state index contributed by atoms with van der Waals surface area (Å²) in [6.45, 7) is 1.95. The van der Waals surface area contributed by atoms with Crippen LogP contribution < -0.4 is 5.32 Å². The third kappa shape index (κ3) is 3.36. The number of rotatable bonds is 4. The van der Waals surface area contributed by atoms with Crippen LogP contribution in [0.3, 0.4) is 0 Å². The van der Waals surface area contributed by atoms with Gasteiger partial charge in [0.15, 0.2) is 5.13 Å². The van der Waals surface area contributed by atoms with E-state index in [4.69, 9.17) is 4.52 Å². The third-order valence-electron chi connectivity index (χ3n) is 4.09. The Morgan fingerprint density at radius 3 is 2.89 bits per heavy atom. The second kappa shape index (κ2) is 6.76. The van der Waals surface area contributed by atoms with Crippen molar-refractivity contribution in [1.82, 2.24) is 19.9 Å². The zero-order chi connectivity index (χ0) is 19.0. The summed E-state index contributed by atoms with van der Waals surface area (Å²) in [5.74, 6) is -0.847. The Balaban J connectivity index is 1.51. The van der Waals surface area contributed by atoms with Crippen molar-refractivity contribution in [1.29, 1.82) is 0 Å². The summed E-state index contributed by atoms with van der Waals surface area (Å²) in [4.78, 5) is 16.8. The fourth-order valence-corrected chi connectivity index (χ4v) is 3.24. The minimum atomic E-state index is -0.478. The van der Waals surface area contributed by atoms with E-state index in [-0.39, 0.29) is 11.6 Å². The molecule has 9 heteroatoms. The van der Waals surface area contributed by atoms with Crippen molar-refractivity contribution in [2.75, 3.05) is 5.32 Å². The van der Waals surface area contributed by atoms with E-state index in [0.717, 1.165) is 17.0 Å². The van der Waals surface area contributed by atoms with Crippen LogP contribution in [-0.2, 0) is 7.05 Å². The molecule has 1 N–H and O–H groups in total. The zero-order valence-electron chi connectivity index (χ0n) is 14.4. The van der Waals surface area contributed by atoms with Gasteiger partial charge in [0.2, 0.25) is 5.76 Å². The molecule has 1 amide bonds. The van der Waals surface area contributed by atoms with E-state index >= 15 is 0 Å². The number of nitrogens with zero attached hydrogens (tertiary/aromatic N) is 4. The van der Waals surface area contributed by atoms with Crippen LogP contribution in [0.1, 0.15) is 16.2 Å². The molecule has 7 nitrogen and oxygen atoms in total. The van der Waals surface area contributed by atoms with Crippen LogP contribution in [0.25, 0.3) is 22.5 Å². The molecule has 4 rings (SSSR count). The number of carbonyl (C=O) groups excluding carboxylic acids is 1. The first kappa shape index (κ1) is 17.1. The van der Waals surface area contributed by atoms with Gasteiger partial charge in [0.25, 0.3) is 5.91 Å². The summed E-state index contributed by atoms with van der Waals surface area (Å²) in [5, 5.41) is 13.0. The van der Waals surface area contributed by atoms with Gasteiger partial charge in [0.05, 0.1) is 11.9 Å². The Bertz CT molecular complexity index is 1130. The highest BCUT2D eigenvalue weighted by molar-refractivity contribution is 7.14. The number of hydrogen-bond donors (Lipinski definition) is 1. The van der Waals surface area contributed by atoms with Crippen LogP contribution in [0.2, 0.25) is 0 Å². The Labute approximate surface area is 157 Å². The van der Waals surface area contributed by atoms with Gasteiger partial charge in [-0.25, -0.2) is 9.37 Å². The van der Waals surface area contributed by atoms with Gasteiger partial charge in [-0.3, -0.25) is 14.8 Å². The third-order valence-corrected chi connectivity index (χ3v) is 4.85. The summed E-state index contributed by atoms with van der Waals surface area (Å²) in [6.07, 6.45) is 1.73. The van der Waals surface area contributed by atoms with Crippen LogP contribution in [-0.4, -0.2) is 25.8 Å². The number of carbonyl (C=O) groups is 1. The van der Waals surface area contributed by atoms with Crippen LogP contribution in [0, 0.1) is 12.7 Å². The fourth-order valence-electron chi connectivity index (χ4n) is 2.53. The molecule has 4 aromatic rings. The lowest BCUT2D eigenvalue weighted by Gasteiger charge is -1.97. The van der Waals surface area contributed by atoms with Gasteiger partial charge in [-0.1, -0.05) is 17.3 Å². The van der Waals surface area contributed by atoms with E-state index in [2.05, 4.69) is 20.6 Å². The number of amides is 1. The second-order valence-electron chi connectivity index (χ2n) is 5.85. The molecule has 0 saturated carbocycles. The van der Waals surface area contributed by atoms with Gasteiger partial charge in [0, 0.05) is 35.3 Å². The molecule has 0 atom stereocenters. The average Bonchev–Trinajstić information content (AvgIpc) is 3.37. The Hall–Kier alpha value is -3.33. The van der Waals surface area contributed by atoms with Crippen LogP contribution in [0.5, 0.6) is 0 Å². The first-order valence-electron chi connectivity index (χ1n) is 8.00. The SMILES string of the molecule is Cc1c(-c2csc(NC(=O)c3cc(-c4cccc(F)c4)no3)n2)cnn1C. The highest BCUT2D eigenvalue weighted by Crippen LogP contribution is 2.27. The minimum Gasteiger partial charge on any atom is -0.350 e. The zero-order valence-corrected chi connectivity index (χ0v) is 15.2. The van der Waals surface area contributed by atoms with Crippen molar-refractivity contribution >= 4 is 22.4 Å². The molecule has 0 fully saturated rings. The molecule has 136 valence electrons. The van der Waals surface area contributed by atoms with Crippen molar-refractivity contribution < 1.29 is 13.7 Å². The number of thiazole rings is 1. The first-order chi connectivity index (χ1) is 13.0. The molecule has 3 heterocycles. The van der Waals surface area contributed by atoms with Crippen LogP contribution in [0.4, 0.5) is 9.52 Å². The number of benzene rings is 1. The van der Waals surface area contributed by atoms with Gasteiger partial charge < -0.3 is 4.52 Å². The van der Waals surface area contributed by atoms with Crippen LogP contribution >= 0.6 is 11.3 Å². The average molecular weight is 383 g/mol. The van der Waals surface area contributed by atoms with Crippen molar-refractivity contribution in [2.45, 2.75) is 6.92 Å². The second-order valence-corrected chi connectivity index (χ2v) is 6.70. The molecule has 0 aliphatic heterocycles. The summed E-state index contributed by atoms with van der Waals surface area (Å²) < 4.78 is 20.2. The van der Waals surface area contributed by atoms with E-state index in [9.17, 15) is 9.18 Å². The lowest BCUT2D eigenvalue weighted by molar-refractivity contribution is 0.0988. The maximum Gasteiger partial charge on any atom is 0.296 e. The lowest BCUT2D eigenvalue weighted by Crippen LogP contribution is -2.10. The van der Waals surface area contributed by atoms with E-state index in [1.54, 1.807) is 23.0 Å². The molecular formula is C18H14FN5O2S. The molecule has 0 radical (unpaired) electrons. The largest absolute Gasteiger partial charge is 0.350 e. The van der Waals surface area contributed by atoms with Gasteiger partial charge in [-0.2, -0.15) is 5.10 Å². The number of aromatic nitrogens is 4. The molecule has 0 unspecified atom stereocenters. The maximum atomic E-state index is 13.3. The van der Waals surface area contributed by atoms with E-state index in [1.807, 2.05) is 19.4 Å². The number of nitrogens with one attached hydrogen (secondary N) is 1. The molecule has 3 aromatic heterocycles. The van der Waals surface area contributed by atoms with Crippen molar-refractivity contribution in [3.63, 3.8) is 0 Å². The summed E-state index contributed by atoms with van der Waals surface area (Å²) in [5.41, 5.74) is 3.53. The monoisotopic (exact) mass is 383 g/mol. The number of aryl methyl sites for hydroxylation is 1. The van der Waals surface area contributed by atoms with Crippen LogP contribution in [0.15, 0.2) is 46.4 Å². The van der Waals surface area contributed by atoms with Crippen molar-refractivity contribution in [3.05, 3.63) is 59.2 Å². The van der Waals surface area contributed by atoms with E-state index in [0.29, 0.717) is 16.4 Å². The van der Waals surface area contributed by atoms with Crippen molar-refractivity contribution in [2.24, 2.45) is 7.05 Å². The molecule has 0 aliphatic rings. The number of anilines is 1. The summed E-state index contributed by atoms with van der Waals surface area (Å²) in [6, 6.07) is 7.37. The Kier molecular flexibility index (Phi) is 4.28. The Morgan fingerprint density at radius 1 is 1.30 bits per heavy atom. The predicted molar refractivity (Wildman–Crippen MR) is 98.9 cm³/mol. The first-order valence-corrected chi connectivity index (χ1v) is 8.88. The highest BCUT2D eigenvalue weighted by Gasteiger charge is 2.17. The Morgan fingerprint density at radius 2 is 2.15 bits per heavy atom.